The molecule has 1 rings (SSSR count). The fraction of sp³-hybridized carbons (Fsp3) is 0.286. The van der Waals surface area contributed by atoms with Crippen LogP contribution in [-0.2, 0) is 9.59 Å². The van der Waals surface area contributed by atoms with E-state index in [0.717, 1.165) is 0 Å². The number of nitrogens with zero attached hydrogens (tertiary/aromatic N) is 1. The zero-order chi connectivity index (χ0) is 9.14. The minimum absolute atomic E-state index is 0.131. The SMILES string of the molecule is CC(=C=N)C1=NC(=O)CC(=O)N1. The Balaban J connectivity index is 2.99. The number of rotatable bonds is 1. The average Bonchev–Trinajstić information content (AvgIpc) is 2.01. The fourth-order valence-corrected chi connectivity index (χ4v) is 0.743. The lowest BCUT2D eigenvalue weighted by molar-refractivity contribution is -0.127. The summed E-state index contributed by atoms with van der Waals surface area (Å²) >= 11 is 0. The highest BCUT2D eigenvalue weighted by Crippen LogP contribution is 1.99. The van der Waals surface area contributed by atoms with Crippen molar-refractivity contribution < 1.29 is 9.59 Å². The van der Waals surface area contributed by atoms with Gasteiger partial charge in [0.05, 0.1) is 5.57 Å². The number of hydrogen-bond donors (Lipinski definition) is 2. The molecule has 0 saturated carbocycles. The molecule has 2 N–H and O–H groups in total. The van der Waals surface area contributed by atoms with Gasteiger partial charge in [0.2, 0.25) is 5.91 Å². The molecule has 2 amide bonds. The Morgan fingerprint density at radius 2 is 2.33 bits per heavy atom. The van der Waals surface area contributed by atoms with Crippen LogP contribution in [0.4, 0.5) is 0 Å². The molecule has 0 aromatic heterocycles. The third-order valence-electron chi connectivity index (χ3n) is 1.35. The van der Waals surface area contributed by atoms with Crippen LogP contribution in [0.3, 0.4) is 0 Å². The van der Waals surface area contributed by atoms with E-state index < -0.39 is 5.91 Å². The Kier molecular flexibility index (Phi) is 2.16. The molecule has 0 fully saturated rings. The topological polar surface area (TPSA) is 82.4 Å². The summed E-state index contributed by atoms with van der Waals surface area (Å²) in [7, 11) is 0. The average molecular weight is 165 g/mol. The molecule has 5 nitrogen and oxygen atoms in total. The summed E-state index contributed by atoms with van der Waals surface area (Å²) in [6, 6.07) is 0. The van der Waals surface area contributed by atoms with Gasteiger partial charge in [-0.3, -0.25) is 15.0 Å². The predicted octanol–water partition coefficient (Wildman–Crippen LogP) is -0.374. The summed E-state index contributed by atoms with van der Waals surface area (Å²) in [5.41, 5.74) is 0.344. The zero-order valence-electron chi connectivity index (χ0n) is 6.47. The second-order valence-corrected chi connectivity index (χ2v) is 2.33. The molecule has 1 aliphatic heterocycles. The number of nitrogens with one attached hydrogen (secondary N) is 2. The standard InChI is InChI=1S/C7H7N3O2/c1-4(3-8)7-9-5(11)2-6(12)10-7/h8H,2H2,1H3,(H,9,10,11,12). The van der Waals surface area contributed by atoms with Crippen LogP contribution in [0.25, 0.3) is 0 Å². The van der Waals surface area contributed by atoms with Crippen LogP contribution >= 0.6 is 0 Å². The molecule has 0 aliphatic carbocycles. The summed E-state index contributed by atoms with van der Waals surface area (Å²) in [6.45, 7) is 1.55. The molecular weight excluding hydrogens is 158 g/mol. The molecule has 12 heavy (non-hydrogen) atoms. The first kappa shape index (κ1) is 8.36. The number of amidine groups is 1. The molecule has 0 unspecified atom stereocenters. The van der Waals surface area contributed by atoms with Crippen molar-refractivity contribution in [1.82, 2.24) is 5.32 Å². The molecule has 62 valence electrons. The molecule has 0 radical (unpaired) electrons. The molecule has 0 aromatic carbocycles. The Bertz CT molecular complexity index is 324. The van der Waals surface area contributed by atoms with Gasteiger partial charge in [0, 0.05) is 0 Å². The smallest absolute Gasteiger partial charge is 0.257 e. The fourth-order valence-electron chi connectivity index (χ4n) is 0.743. The van der Waals surface area contributed by atoms with E-state index in [1.807, 2.05) is 5.87 Å². The van der Waals surface area contributed by atoms with E-state index in [1.54, 1.807) is 6.92 Å². The third-order valence-corrected chi connectivity index (χ3v) is 1.35. The lowest BCUT2D eigenvalue weighted by Gasteiger charge is -2.10. The molecule has 0 saturated heterocycles. The van der Waals surface area contributed by atoms with Crippen LogP contribution in [-0.4, -0.2) is 23.5 Å². The minimum Gasteiger partial charge on any atom is -0.309 e. The normalized spacial score (nSPS) is 16.2. The molecule has 1 aliphatic rings. The van der Waals surface area contributed by atoms with Gasteiger partial charge in [-0.15, -0.1) is 0 Å². The first-order chi connectivity index (χ1) is 5.63. The van der Waals surface area contributed by atoms with E-state index in [1.165, 1.54) is 0 Å². The van der Waals surface area contributed by atoms with Crippen molar-refractivity contribution in [2.45, 2.75) is 13.3 Å². The summed E-state index contributed by atoms with van der Waals surface area (Å²) in [6.07, 6.45) is -0.214. The van der Waals surface area contributed by atoms with Crippen molar-refractivity contribution in [1.29, 1.82) is 5.41 Å². The Labute approximate surface area is 68.7 Å². The van der Waals surface area contributed by atoms with Gasteiger partial charge in [-0.1, -0.05) is 0 Å². The number of amides is 2. The summed E-state index contributed by atoms with van der Waals surface area (Å²) in [4.78, 5) is 25.1. The summed E-state index contributed by atoms with van der Waals surface area (Å²) < 4.78 is 0. The van der Waals surface area contributed by atoms with Crippen LogP contribution in [0.15, 0.2) is 10.6 Å². The van der Waals surface area contributed by atoms with Crippen molar-refractivity contribution in [2.75, 3.05) is 0 Å². The minimum atomic E-state index is -0.483. The number of hydrogen-bond acceptors (Lipinski definition) is 3. The maximum Gasteiger partial charge on any atom is 0.257 e. The van der Waals surface area contributed by atoms with Gasteiger partial charge >= 0.3 is 0 Å². The van der Waals surface area contributed by atoms with Crippen molar-refractivity contribution in [2.24, 2.45) is 4.99 Å². The Morgan fingerprint density at radius 1 is 1.67 bits per heavy atom. The maximum absolute atomic E-state index is 10.8. The predicted molar refractivity (Wildman–Crippen MR) is 42.1 cm³/mol. The first-order valence-corrected chi connectivity index (χ1v) is 3.31. The Hall–Kier alpha value is -1.74. The van der Waals surface area contributed by atoms with E-state index in [9.17, 15) is 9.59 Å². The highest BCUT2D eigenvalue weighted by atomic mass is 16.2. The lowest BCUT2D eigenvalue weighted by atomic mass is 10.2. The monoisotopic (exact) mass is 165 g/mol. The largest absolute Gasteiger partial charge is 0.309 e. The highest BCUT2D eigenvalue weighted by molar-refractivity contribution is 6.21. The summed E-state index contributed by atoms with van der Waals surface area (Å²) in [5, 5.41) is 9.11. The van der Waals surface area contributed by atoms with Gasteiger partial charge in [-0.25, -0.2) is 0 Å². The lowest BCUT2D eigenvalue weighted by Crippen LogP contribution is -2.37. The van der Waals surface area contributed by atoms with Crippen molar-refractivity contribution in [3.05, 3.63) is 5.57 Å². The number of carbonyl (C=O) groups is 2. The molecule has 0 aromatic rings. The van der Waals surface area contributed by atoms with Crippen molar-refractivity contribution in [3.8, 4) is 0 Å². The Morgan fingerprint density at radius 3 is 2.83 bits per heavy atom. The van der Waals surface area contributed by atoms with Crippen molar-refractivity contribution in [3.63, 3.8) is 0 Å². The van der Waals surface area contributed by atoms with Gasteiger partial charge in [0.25, 0.3) is 5.91 Å². The van der Waals surface area contributed by atoms with E-state index in [4.69, 9.17) is 5.41 Å². The first-order valence-electron chi connectivity index (χ1n) is 3.31. The van der Waals surface area contributed by atoms with E-state index in [2.05, 4.69) is 10.3 Å². The molecule has 0 atom stereocenters. The van der Waals surface area contributed by atoms with Crippen LogP contribution in [0, 0.1) is 5.41 Å². The van der Waals surface area contributed by atoms with E-state index >= 15 is 0 Å². The van der Waals surface area contributed by atoms with Gasteiger partial charge in [-0.05, 0) is 12.8 Å². The van der Waals surface area contributed by atoms with Gasteiger partial charge in [0.15, 0.2) is 0 Å². The molecule has 5 heteroatoms. The number of aliphatic imine (C=N–C) groups is 1. The van der Waals surface area contributed by atoms with Crippen molar-refractivity contribution >= 4 is 23.5 Å². The second-order valence-electron chi connectivity index (χ2n) is 2.33. The van der Waals surface area contributed by atoms with Crippen LogP contribution in [0.5, 0.6) is 0 Å². The molecule has 0 spiro atoms. The van der Waals surface area contributed by atoms with E-state index in [0.29, 0.717) is 5.57 Å². The summed E-state index contributed by atoms with van der Waals surface area (Å²) in [5.74, 6) is 1.30. The maximum atomic E-state index is 10.8. The molecular formula is C7H7N3O2. The molecule has 0 bridgehead atoms. The molecule has 1 heterocycles. The number of carbonyl (C=O) groups excluding carboxylic acids is 2. The second kappa shape index (κ2) is 3.11. The highest BCUT2D eigenvalue weighted by Gasteiger charge is 2.18. The van der Waals surface area contributed by atoms with E-state index in [-0.39, 0.29) is 18.2 Å². The van der Waals surface area contributed by atoms with Gasteiger partial charge in [-0.2, -0.15) is 4.99 Å². The quantitative estimate of drug-likeness (QED) is 0.410. The third kappa shape index (κ3) is 1.65. The van der Waals surface area contributed by atoms with Crippen LogP contribution in [0.2, 0.25) is 0 Å². The van der Waals surface area contributed by atoms with Crippen LogP contribution in [0.1, 0.15) is 13.3 Å². The zero-order valence-corrected chi connectivity index (χ0v) is 6.47. The van der Waals surface area contributed by atoms with Crippen LogP contribution < -0.4 is 5.32 Å². The van der Waals surface area contributed by atoms with Gasteiger partial charge < -0.3 is 5.32 Å². The van der Waals surface area contributed by atoms with Gasteiger partial charge in [0.1, 0.15) is 12.3 Å².